The quantitative estimate of drug-likeness (QED) is 0.639. The summed E-state index contributed by atoms with van der Waals surface area (Å²) >= 11 is 0. The molecule has 3 fully saturated rings. The van der Waals surface area contributed by atoms with Gasteiger partial charge in [-0.3, -0.25) is 4.79 Å². The molecule has 3 aliphatic heterocycles. The van der Waals surface area contributed by atoms with Crippen LogP contribution in [0.5, 0.6) is 0 Å². The standard InChI is InChI=1S/C10H17NO2/c1-13-7-10(12)9-6-11-4-2-8(9)3-5-11/h8-9H,2-7H2,1H3. The van der Waals surface area contributed by atoms with Crippen molar-refractivity contribution in [1.29, 1.82) is 0 Å². The fourth-order valence-corrected chi connectivity index (χ4v) is 2.58. The van der Waals surface area contributed by atoms with Crippen LogP contribution in [0, 0.1) is 11.8 Å². The first kappa shape index (κ1) is 9.16. The highest BCUT2D eigenvalue weighted by Crippen LogP contribution is 2.32. The van der Waals surface area contributed by atoms with E-state index in [1.807, 2.05) is 0 Å². The van der Waals surface area contributed by atoms with E-state index in [4.69, 9.17) is 4.74 Å². The van der Waals surface area contributed by atoms with Crippen LogP contribution in [0.4, 0.5) is 0 Å². The molecule has 1 unspecified atom stereocenters. The van der Waals surface area contributed by atoms with Gasteiger partial charge in [0, 0.05) is 19.6 Å². The lowest BCUT2D eigenvalue weighted by atomic mass is 9.77. The zero-order valence-electron chi connectivity index (χ0n) is 8.16. The van der Waals surface area contributed by atoms with E-state index in [1.165, 1.54) is 25.9 Å². The number of methoxy groups -OCH3 is 1. The second-order valence-electron chi connectivity index (χ2n) is 4.14. The number of ether oxygens (including phenoxy) is 1. The maximum Gasteiger partial charge on any atom is 0.163 e. The van der Waals surface area contributed by atoms with Gasteiger partial charge in [0.25, 0.3) is 0 Å². The Bertz CT molecular complexity index is 197. The van der Waals surface area contributed by atoms with Crippen LogP contribution in [0.3, 0.4) is 0 Å². The number of hydrogen-bond donors (Lipinski definition) is 0. The van der Waals surface area contributed by atoms with Crippen LogP contribution in [0.15, 0.2) is 0 Å². The van der Waals surface area contributed by atoms with Gasteiger partial charge in [-0.05, 0) is 31.8 Å². The number of nitrogens with zero attached hydrogens (tertiary/aromatic N) is 1. The maximum absolute atomic E-state index is 11.6. The first-order valence-corrected chi connectivity index (χ1v) is 5.05. The molecule has 3 rings (SSSR count). The number of piperidine rings is 3. The van der Waals surface area contributed by atoms with Crippen molar-refractivity contribution in [2.45, 2.75) is 12.8 Å². The second kappa shape index (κ2) is 3.76. The smallest absolute Gasteiger partial charge is 0.163 e. The molecule has 13 heavy (non-hydrogen) atoms. The predicted molar refractivity (Wildman–Crippen MR) is 49.5 cm³/mol. The van der Waals surface area contributed by atoms with Crippen LogP contribution in [-0.4, -0.2) is 44.0 Å². The number of ketones is 1. The third-order valence-corrected chi connectivity index (χ3v) is 3.36. The minimum atomic E-state index is 0.266. The van der Waals surface area contributed by atoms with E-state index < -0.39 is 0 Å². The SMILES string of the molecule is COCC(=O)C1CN2CCC1CC2. The van der Waals surface area contributed by atoms with E-state index in [0.29, 0.717) is 18.3 Å². The van der Waals surface area contributed by atoms with E-state index in [9.17, 15) is 4.79 Å². The second-order valence-corrected chi connectivity index (χ2v) is 4.14. The largest absolute Gasteiger partial charge is 0.377 e. The zero-order chi connectivity index (χ0) is 9.26. The number of fused-ring (bicyclic) bond motifs is 3. The first-order valence-electron chi connectivity index (χ1n) is 5.05. The lowest BCUT2D eigenvalue weighted by Crippen LogP contribution is -2.50. The Labute approximate surface area is 79.0 Å². The highest BCUT2D eigenvalue weighted by atomic mass is 16.5. The van der Waals surface area contributed by atoms with E-state index in [1.54, 1.807) is 7.11 Å². The van der Waals surface area contributed by atoms with E-state index in [2.05, 4.69) is 4.90 Å². The first-order chi connectivity index (χ1) is 6.31. The molecule has 3 aliphatic rings. The summed E-state index contributed by atoms with van der Waals surface area (Å²) in [6.45, 7) is 3.67. The van der Waals surface area contributed by atoms with Crippen molar-refractivity contribution < 1.29 is 9.53 Å². The Morgan fingerprint density at radius 1 is 1.46 bits per heavy atom. The molecule has 1 atom stereocenters. The summed E-state index contributed by atoms with van der Waals surface area (Å²) in [4.78, 5) is 14.0. The van der Waals surface area contributed by atoms with Gasteiger partial charge in [0.15, 0.2) is 5.78 Å². The third-order valence-electron chi connectivity index (χ3n) is 3.36. The van der Waals surface area contributed by atoms with Crippen molar-refractivity contribution in [3.8, 4) is 0 Å². The molecule has 3 nitrogen and oxygen atoms in total. The van der Waals surface area contributed by atoms with Crippen LogP contribution in [0.1, 0.15) is 12.8 Å². The number of carbonyl (C=O) groups is 1. The molecule has 0 aromatic rings. The van der Waals surface area contributed by atoms with Crippen molar-refractivity contribution in [3.05, 3.63) is 0 Å². The summed E-state index contributed by atoms with van der Waals surface area (Å²) in [6.07, 6.45) is 2.42. The number of hydrogen-bond acceptors (Lipinski definition) is 3. The van der Waals surface area contributed by atoms with Crippen molar-refractivity contribution in [1.82, 2.24) is 4.90 Å². The lowest BCUT2D eigenvalue weighted by molar-refractivity contribution is -0.132. The molecule has 0 aromatic carbocycles. The van der Waals surface area contributed by atoms with Crippen LogP contribution in [0.25, 0.3) is 0 Å². The van der Waals surface area contributed by atoms with Crippen molar-refractivity contribution in [3.63, 3.8) is 0 Å². The summed E-state index contributed by atoms with van der Waals surface area (Å²) in [7, 11) is 1.60. The molecule has 0 spiro atoms. The Morgan fingerprint density at radius 2 is 2.15 bits per heavy atom. The zero-order valence-corrected chi connectivity index (χ0v) is 8.16. The van der Waals surface area contributed by atoms with Crippen LogP contribution in [0.2, 0.25) is 0 Å². The topological polar surface area (TPSA) is 29.5 Å². The highest BCUT2D eigenvalue weighted by Gasteiger charge is 2.37. The average molecular weight is 183 g/mol. The van der Waals surface area contributed by atoms with Crippen molar-refractivity contribution >= 4 is 5.78 Å². The van der Waals surface area contributed by atoms with E-state index in [0.717, 1.165) is 6.54 Å². The normalized spacial score (nSPS) is 37.8. The summed E-state index contributed by atoms with van der Waals surface area (Å²) in [5, 5.41) is 0. The van der Waals surface area contributed by atoms with Gasteiger partial charge in [-0.1, -0.05) is 0 Å². The van der Waals surface area contributed by atoms with E-state index >= 15 is 0 Å². The molecule has 0 aromatic heterocycles. The molecular formula is C10H17NO2. The molecule has 3 heterocycles. The Morgan fingerprint density at radius 3 is 2.62 bits per heavy atom. The Hall–Kier alpha value is -0.410. The van der Waals surface area contributed by atoms with Crippen molar-refractivity contribution in [2.75, 3.05) is 33.4 Å². The average Bonchev–Trinajstić information content (AvgIpc) is 2.20. The Kier molecular flexibility index (Phi) is 2.65. The van der Waals surface area contributed by atoms with Gasteiger partial charge in [0.1, 0.15) is 6.61 Å². The molecule has 0 aliphatic carbocycles. The van der Waals surface area contributed by atoms with Gasteiger partial charge in [-0.25, -0.2) is 0 Å². The minimum absolute atomic E-state index is 0.266. The fourth-order valence-electron chi connectivity index (χ4n) is 2.58. The molecule has 0 radical (unpaired) electrons. The summed E-state index contributed by atoms with van der Waals surface area (Å²) in [6, 6.07) is 0. The monoisotopic (exact) mass is 183 g/mol. The minimum Gasteiger partial charge on any atom is -0.377 e. The van der Waals surface area contributed by atoms with Gasteiger partial charge in [0.05, 0.1) is 0 Å². The van der Waals surface area contributed by atoms with E-state index in [-0.39, 0.29) is 5.92 Å². The molecule has 0 N–H and O–H groups in total. The Balaban J connectivity index is 1.96. The van der Waals surface area contributed by atoms with Gasteiger partial charge >= 0.3 is 0 Å². The molecular weight excluding hydrogens is 166 g/mol. The molecule has 74 valence electrons. The van der Waals surface area contributed by atoms with Crippen molar-refractivity contribution in [2.24, 2.45) is 11.8 Å². The van der Waals surface area contributed by atoms with Gasteiger partial charge < -0.3 is 9.64 Å². The summed E-state index contributed by atoms with van der Waals surface area (Å²) in [5.41, 5.74) is 0. The number of rotatable bonds is 3. The molecule has 3 saturated heterocycles. The maximum atomic E-state index is 11.6. The van der Waals surface area contributed by atoms with Gasteiger partial charge in [0.2, 0.25) is 0 Å². The van der Waals surface area contributed by atoms with Crippen LogP contribution in [-0.2, 0) is 9.53 Å². The number of carbonyl (C=O) groups excluding carboxylic acids is 1. The summed E-state index contributed by atoms with van der Waals surface area (Å²) < 4.78 is 4.90. The number of Topliss-reactive ketones (excluding diaryl/α,β-unsaturated/α-hetero) is 1. The third kappa shape index (κ3) is 1.76. The molecule has 3 heteroatoms. The van der Waals surface area contributed by atoms with Crippen LogP contribution < -0.4 is 0 Å². The predicted octanol–water partition coefficient (Wildman–Crippen LogP) is 0.544. The van der Waals surface area contributed by atoms with Gasteiger partial charge in [-0.2, -0.15) is 0 Å². The van der Waals surface area contributed by atoms with Gasteiger partial charge in [-0.15, -0.1) is 0 Å². The molecule has 0 amide bonds. The fraction of sp³-hybridized carbons (Fsp3) is 0.900. The molecule has 2 bridgehead atoms. The van der Waals surface area contributed by atoms with Crippen LogP contribution >= 0.6 is 0 Å². The summed E-state index contributed by atoms with van der Waals surface area (Å²) in [5.74, 6) is 1.21. The molecule has 0 saturated carbocycles. The highest BCUT2D eigenvalue weighted by molar-refractivity contribution is 5.83. The lowest BCUT2D eigenvalue weighted by Gasteiger charge is -2.43.